The fourth-order valence-electron chi connectivity index (χ4n) is 0.732. The van der Waals surface area contributed by atoms with Gasteiger partial charge in [0.15, 0.2) is 5.78 Å². The Hall–Kier alpha value is -1.12. The maximum Gasteiger partial charge on any atom is 0.330 e. The van der Waals surface area contributed by atoms with E-state index in [9.17, 15) is 9.59 Å². The molecule has 0 aliphatic carbocycles. The van der Waals surface area contributed by atoms with Crippen molar-refractivity contribution in [3.8, 4) is 0 Å². The summed E-state index contributed by atoms with van der Waals surface area (Å²) in [5.41, 5.74) is 0. The molecule has 0 atom stereocenters. The smallest absolute Gasteiger partial charge is 0.330 e. The zero-order valence-corrected chi connectivity index (χ0v) is 8.21. The van der Waals surface area contributed by atoms with Crippen LogP contribution in [-0.4, -0.2) is 18.4 Å². The van der Waals surface area contributed by atoms with Gasteiger partial charge in [-0.1, -0.05) is 20.4 Å². The van der Waals surface area contributed by atoms with Crippen molar-refractivity contribution >= 4 is 11.8 Å². The van der Waals surface area contributed by atoms with Gasteiger partial charge in [-0.3, -0.25) is 4.79 Å². The van der Waals surface area contributed by atoms with E-state index in [0.29, 0.717) is 12.3 Å². The number of rotatable bonds is 6. The average Bonchev–Trinajstić information content (AvgIpc) is 2.10. The van der Waals surface area contributed by atoms with Crippen LogP contribution in [-0.2, 0) is 14.3 Å². The predicted octanol–water partition coefficient (Wildman–Crippen LogP) is 1.72. The molecule has 0 heterocycles. The summed E-state index contributed by atoms with van der Waals surface area (Å²) in [6.07, 6.45) is 2.36. The summed E-state index contributed by atoms with van der Waals surface area (Å²) in [4.78, 5) is 21.6. The fraction of sp³-hybridized carbons (Fsp3) is 0.600. The molecule has 0 N–H and O–H groups in total. The van der Waals surface area contributed by atoms with Crippen LogP contribution in [0.1, 0.15) is 26.7 Å². The second kappa shape index (κ2) is 6.40. The van der Waals surface area contributed by atoms with Crippen LogP contribution in [0, 0.1) is 5.92 Å². The highest BCUT2D eigenvalue weighted by Crippen LogP contribution is 2.03. The van der Waals surface area contributed by atoms with Gasteiger partial charge in [0, 0.05) is 12.5 Å². The van der Waals surface area contributed by atoms with Gasteiger partial charge < -0.3 is 4.74 Å². The van der Waals surface area contributed by atoms with Gasteiger partial charge in [0.2, 0.25) is 0 Å². The molecule has 0 saturated heterocycles. The summed E-state index contributed by atoms with van der Waals surface area (Å²) in [5.74, 6) is -0.0825. The zero-order chi connectivity index (χ0) is 10.3. The van der Waals surface area contributed by atoms with Crippen molar-refractivity contribution in [1.29, 1.82) is 0 Å². The first-order valence-electron chi connectivity index (χ1n) is 4.37. The van der Waals surface area contributed by atoms with Crippen molar-refractivity contribution in [2.24, 2.45) is 5.92 Å². The summed E-state index contributed by atoms with van der Waals surface area (Å²) in [5, 5.41) is 0. The van der Waals surface area contributed by atoms with Crippen LogP contribution in [0.2, 0.25) is 0 Å². The Bertz CT molecular complexity index is 194. The maximum atomic E-state index is 11.1. The van der Waals surface area contributed by atoms with Crippen molar-refractivity contribution in [1.82, 2.24) is 0 Å². The summed E-state index contributed by atoms with van der Waals surface area (Å²) in [6, 6.07) is 0. The lowest BCUT2D eigenvalue weighted by Gasteiger charge is -2.03. The zero-order valence-electron chi connectivity index (χ0n) is 8.21. The van der Waals surface area contributed by atoms with E-state index in [-0.39, 0.29) is 12.4 Å². The molecular formula is C10H16O3. The number of hydrogen-bond acceptors (Lipinski definition) is 3. The minimum absolute atomic E-state index is 0.0381. The number of hydrogen-bond donors (Lipinski definition) is 0. The minimum Gasteiger partial charge on any atom is -0.455 e. The second-order valence-corrected chi connectivity index (χ2v) is 3.28. The van der Waals surface area contributed by atoms with Crippen LogP contribution in [0.4, 0.5) is 0 Å². The van der Waals surface area contributed by atoms with E-state index >= 15 is 0 Å². The third-order valence-corrected chi connectivity index (χ3v) is 1.54. The molecule has 0 aromatic carbocycles. The van der Waals surface area contributed by atoms with Crippen molar-refractivity contribution in [2.75, 3.05) is 6.61 Å². The number of carbonyl (C=O) groups excluding carboxylic acids is 2. The SMILES string of the molecule is C=CC(=O)OCC(=O)CCC(C)C. The molecule has 0 fully saturated rings. The molecule has 0 unspecified atom stereocenters. The largest absolute Gasteiger partial charge is 0.455 e. The first-order chi connectivity index (χ1) is 6.06. The van der Waals surface area contributed by atoms with Gasteiger partial charge in [-0.15, -0.1) is 0 Å². The van der Waals surface area contributed by atoms with Gasteiger partial charge in [-0.05, 0) is 12.3 Å². The van der Waals surface area contributed by atoms with Crippen molar-refractivity contribution < 1.29 is 14.3 Å². The first-order valence-corrected chi connectivity index (χ1v) is 4.37. The molecule has 0 bridgehead atoms. The number of esters is 1. The molecule has 0 aromatic heterocycles. The first kappa shape index (κ1) is 11.9. The molecule has 13 heavy (non-hydrogen) atoms. The van der Waals surface area contributed by atoms with Crippen LogP contribution in [0.3, 0.4) is 0 Å². The van der Waals surface area contributed by atoms with Crippen LogP contribution >= 0.6 is 0 Å². The lowest BCUT2D eigenvalue weighted by molar-refractivity contribution is -0.143. The molecule has 0 radical (unpaired) electrons. The Morgan fingerprint density at radius 1 is 1.46 bits per heavy atom. The third kappa shape index (κ3) is 7.25. The molecule has 74 valence electrons. The average molecular weight is 184 g/mol. The number of ether oxygens (including phenoxy) is 1. The molecule has 0 amide bonds. The molecule has 0 saturated carbocycles. The van der Waals surface area contributed by atoms with Gasteiger partial charge in [0.05, 0.1) is 0 Å². The van der Waals surface area contributed by atoms with Crippen LogP contribution in [0.25, 0.3) is 0 Å². The van der Waals surface area contributed by atoms with Gasteiger partial charge in [0.1, 0.15) is 6.61 Å². The maximum absolute atomic E-state index is 11.1. The number of ketones is 1. The Labute approximate surface area is 78.8 Å². The quantitative estimate of drug-likeness (QED) is 0.466. The normalized spacial score (nSPS) is 9.77. The minimum atomic E-state index is -0.544. The summed E-state index contributed by atoms with van der Waals surface area (Å²) in [6.45, 7) is 7.19. The van der Waals surface area contributed by atoms with Gasteiger partial charge >= 0.3 is 5.97 Å². The summed E-state index contributed by atoms with van der Waals surface area (Å²) in [7, 11) is 0. The summed E-state index contributed by atoms with van der Waals surface area (Å²) < 4.78 is 4.58. The molecule has 0 aliphatic rings. The Morgan fingerprint density at radius 2 is 2.08 bits per heavy atom. The van der Waals surface area contributed by atoms with E-state index in [1.807, 2.05) is 13.8 Å². The van der Waals surface area contributed by atoms with Crippen LogP contribution < -0.4 is 0 Å². The molecule has 3 nitrogen and oxygen atoms in total. The Kier molecular flexibility index (Phi) is 5.85. The van der Waals surface area contributed by atoms with Crippen LogP contribution in [0.5, 0.6) is 0 Å². The Morgan fingerprint density at radius 3 is 2.54 bits per heavy atom. The second-order valence-electron chi connectivity index (χ2n) is 3.28. The molecule has 0 aromatic rings. The summed E-state index contributed by atoms with van der Waals surface area (Å²) >= 11 is 0. The standard InChI is InChI=1S/C10H16O3/c1-4-10(12)13-7-9(11)6-5-8(2)3/h4,8H,1,5-7H2,2-3H3. The highest BCUT2D eigenvalue weighted by Gasteiger charge is 2.05. The van der Waals surface area contributed by atoms with E-state index in [0.717, 1.165) is 12.5 Å². The monoisotopic (exact) mass is 184 g/mol. The topological polar surface area (TPSA) is 43.4 Å². The van der Waals surface area contributed by atoms with Crippen molar-refractivity contribution in [3.63, 3.8) is 0 Å². The molecule has 3 heteroatoms. The van der Waals surface area contributed by atoms with Gasteiger partial charge in [-0.25, -0.2) is 4.79 Å². The Balaban J connectivity index is 3.51. The van der Waals surface area contributed by atoms with E-state index in [4.69, 9.17) is 0 Å². The lowest BCUT2D eigenvalue weighted by atomic mass is 10.1. The molecular weight excluding hydrogens is 168 g/mol. The molecule has 0 spiro atoms. The highest BCUT2D eigenvalue weighted by atomic mass is 16.5. The lowest BCUT2D eigenvalue weighted by Crippen LogP contribution is -2.12. The fourth-order valence-corrected chi connectivity index (χ4v) is 0.732. The number of Topliss-reactive ketones (excluding diaryl/α,β-unsaturated/α-hetero) is 1. The van der Waals surface area contributed by atoms with Gasteiger partial charge in [-0.2, -0.15) is 0 Å². The van der Waals surface area contributed by atoms with E-state index in [1.54, 1.807) is 0 Å². The number of carbonyl (C=O) groups is 2. The van der Waals surface area contributed by atoms with Crippen molar-refractivity contribution in [3.05, 3.63) is 12.7 Å². The van der Waals surface area contributed by atoms with E-state index in [1.165, 1.54) is 0 Å². The third-order valence-electron chi connectivity index (χ3n) is 1.54. The predicted molar refractivity (Wildman–Crippen MR) is 50.2 cm³/mol. The molecule has 0 rings (SSSR count). The molecule has 0 aliphatic heterocycles. The van der Waals surface area contributed by atoms with E-state index < -0.39 is 5.97 Å². The van der Waals surface area contributed by atoms with Gasteiger partial charge in [0.25, 0.3) is 0 Å². The van der Waals surface area contributed by atoms with E-state index in [2.05, 4.69) is 11.3 Å². The van der Waals surface area contributed by atoms with Crippen LogP contribution in [0.15, 0.2) is 12.7 Å². The van der Waals surface area contributed by atoms with Crippen molar-refractivity contribution in [2.45, 2.75) is 26.7 Å². The highest BCUT2D eigenvalue weighted by molar-refractivity contribution is 5.86.